The predicted molar refractivity (Wildman–Crippen MR) is 241 cm³/mol. The summed E-state index contributed by atoms with van der Waals surface area (Å²) in [5.41, 5.74) is 2.94. The minimum absolute atomic E-state index is 0.0531. The van der Waals surface area contributed by atoms with E-state index in [1.165, 1.54) is 59.2 Å². The molecular formula is C50H72N2O10. The van der Waals surface area contributed by atoms with Crippen LogP contribution in [-0.2, 0) is 14.3 Å². The third-order valence-electron chi connectivity index (χ3n) is 12.9. The first kappa shape index (κ1) is 48.6. The SMILES string of the molecule is C=CCOC12Oc3ccc(Oc4ccc(OC)c(C=O)c4)cc3C3C(CCCCO)C(CCCCO)C=C(C(=NOC)CC1N(C)C(=O)OCCCCCCCCCCCC)C32. The summed E-state index contributed by atoms with van der Waals surface area (Å²) >= 11 is 0. The van der Waals surface area contributed by atoms with Gasteiger partial charge < -0.3 is 43.6 Å². The summed E-state index contributed by atoms with van der Waals surface area (Å²) in [4.78, 5) is 33.1. The van der Waals surface area contributed by atoms with E-state index in [4.69, 9.17) is 28.5 Å². The maximum absolute atomic E-state index is 14.1. The van der Waals surface area contributed by atoms with E-state index in [2.05, 4.69) is 24.7 Å². The Labute approximate surface area is 369 Å². The predicted octanol–water partition coefficient (Wildman–Crippen LogP) is 10.6. The molecule has 2 aromatic carbocycles. The lowest BCUT2D eigenvalue weighted by Gasteiger charge is -2.59. The number of unbranched alkanes of at least 4 members (excludes halogenated alkanes) is 11. The minimum Gasteiger partial charge on any atom is -0.496 e. The zero-order chi connectivity index (χ0) is 44.3. The van der Waals surface area contributed by atoms with Crippen molar-refractivity contribution < 1.29 is 48.3 Å². The van der Waals surface area contributed by atoms with Crippen molar-refractivity contribution in [2.24, 2.45) is 22.9 Å². The zero-order valence-corrected chi connectivity index (χ0v) is 37.7. The largest absolute Gasteiger partial charge is 0.496 e. The number of allylic oxidation sites excluding steroid dienone is 1. The van der Waals surface area contributed by atoms with E-state index in [0.29, 0.717) is 53.7 Å². The monoisotopic (exact) mass is 861 g/mol. The fourth-order valence-electron chi connectivity index (χ4n) is 9.88. The number of fused-ring (bicyclic) bond motifs is 2. The van der Waals surface area contributed by atoms with Gasteiger partial charge in [0.2, 0.25) is 5.79 Å². The van der Waals surface area contributed by atoms with Gasteiger partial charge in [-0.25, -0.2) is 4.79 Å². The van der Waals surface area contributed by atoms with E-state index in [-0.39, 0.29) is 44.0 Å². The standard InChI is InChI=1S/C50H72N2O10/c1-6-8-9-10-11-12-13-14-15-20-30-59-49(56)52(3)46-34-43(51-58-5)41-32-36(21-16-18-27-53)40(22-17-19-28-54)47-42-33-39(61-38-23-25-44(57-4)37(31-38)35-55)24-26-45(42)62-50(46,48(41)47)60-29-7-2/h7,23-26,31-33,35-36,40,46-48,53-54H,2,6,8-22,27-30,34H2,1,3-5H3. The molecule has 1 fully saturated rings. The topological polar surface area (TPSA) is 146 Å². The molecule has 62 heavy (non-hydrogen) atoms. The molecule has 3 aliphatic rings. The van der Waals surface area contributed by atoms with Gasteiger partial charge in [0, 0.05) is 38.2 Å². The number of aliphatic hydroxyl groups excluding tert-OH is 2. The van der Waals surface area contributed by atoms with Crippen LogP contribution in [0.5, 0.6) is 23.0 Å². The molecule has 2 aromatic rings. The molecule has 1 aliphatic heterocycles. The molecule has 2 N–H and O–H groups in total. The van der Waals surface area contributed by atoms with Gasteiger partial charge >= 0.3 is 6.09 Å². The van der Waals surface area contributed by atoms with Crippen LogP contribution in [0.25, 0.3) is 0 Å². The number of ether oxygens (including phenoxy) is 5. The van der Waals surface area contributed by atoms with Crippen LogP contribution < -0.4 is 14.2 Å². The van der Waals surface area contributed by atoms with E-state index < -0.39 is 23.8 Å². The number of carbonyl (C=O) groups excluding carboxylic acids is 2. The summed E-state index contributed by atoms with van der Waals surface area (Å²) in [7, 11) is 4.80. The van der Waals surface area contributed by atoms with Crippen molar-refractivity contribution in [3.63, 3.8) is 0 Å². The molecule has 342 valence electrons. The van der Waals surface area contributed by atoms with Crippen LogP contribution in [0.15, 0.2) is 65.9 Å². The third-order valence-corrected chi connectivity index (χ3v) is 12.9. The number of oxime groups is 1. The van der Waals surface area contributed by atoms with Crippen LogP contribution in [-0.4, -0.2) is 92.7 Å². The molecule has 0 aromatic heterocycles. The lowest BCUT2D eigenvalue weighted by Crippen LogP contribution is -2.69. The van der Waals surface area contributed by atoms with Crippen molar-refractivity contribution in [3.8, 4) is 23.0 Å². The summed E-state index contributed by atoms with van der Waals surface area (Å²) in [6.45, 7) is 6.91. The number of amides is 1. The molecule has 0 saturated heterocycles. The Morgan fingerprint density at radius 1 is 0.919 bits per heavy atom. The quantitative estimate of drug-likeness (QED) is 0.0367. The average Bonchev–Trinajstić information content (AvgIpc) is 3.28. The Morgan fingerprint density at radius 3 is 2.26 bits per heavy atom. The molecule has 1 heterocycles. The van der Waals surface area contributed by atoms with Gasteiger partial charge in [0.15, 0.2) is 6.29 Å². The maximum Gasteiger partial charge on any atom is 0.409 e. The Balaban J connectivity index is 1.53. The van der Waals surface area contributed by atoms with E-state index in [9.17, 15) is 19.8 Å². The molecule has 0 spiro atoms. The van der Waals surface area contributed by atoms with Crippen molar-refractivity contribution in [2.75, 3.05) is 47.7 Å². The van der Waals surface area contributed by atoms with Crippen molar-refractivity contribution in [3.05, 3.63) is 71.8 Å². The molecule has 12 heteroatoms. The number of rotatable bonds is 28. The number of aliphatic hydroxyl groups is 2. The number of likely N-dealkylation sites (N-methyl/N-ethyl adjacent to an activating group) is 1. The van der Waals surface area contributed by atoms with Crippen LogP contribution in [0.4, 0.5) is 4.79 Å². The molecule has 6 unspecified atom stereocenters. The molecule has 1 amide bonds. The van der Waals surface area contributed by atoms with Crippen molar-refractivity contribution in [1.29, 1.82) is 0 Å². The molecule has 0 radical (unpaired) electrons. The highest BCUT2D eigenvalue weighted by atomic mass is 16.7. The van der Waals surface area contributed by atoms with Gasteiger partial charge in [-0.2, -0.15) is 0 Å². The van der Waals surface area contributed by atoms with Crippen LogP contribution in [0.1, 0.15) is 138 Å². The van der Waals surface area contributed by atoms with Gasteiger partial charge in [0.25, 0.3) is 0 Å². The number of hydrogen-bond donors (Lipinski definition) is 2. The fraction of sp³-hybridized carbons (Fsp3) is 0.620. The lowest BCUT2D eigenvalue weighted by molar-refractivity contribution is -0.253. The van der Waals surface area contributed by atoms with Gasteiger partial charge in [-0.15, -0.1) is 6.58 Å². The molecular weight excluding hydrogens is 789 g/mol. The minimum atomic E-state index is -1.38. The average molecular weight is 861 g/mol. The van der Waals surface area contributed by atoms with Gasteiger partial charge in [-0.1, -0.05) is 94.9 Å². The second-order valence-corrected chi connectivity index (χ2v) is 17.0. The Hall–Kier alpha value is -4.39. The number of benzene rings is 2. The first-order valence-electron chi connectivity index (χ1n) is 23.1. The number of hydrogen-bond acceptors (Lipinski definition) is 11. The van der Waals surface area contributed by atoms with Gasteiger partial charge in [0.05, 0.1) is 37.5 Å². The van der Waals surface area contributed by atoms with Gasteiger partial charge in [0.1, 0.15) is 36.1 Å². The molecule has 5 rings (SSSR count). The summed E-state index contributed by atoms with van der Waals surface area (Å²) in [5, 5.41) is 24.4. The highest BCUT2D eigenvalue weighted by molar-refractivity contribution is 6.03. The molecule has 6 atom stereocenters. The Bertz CT molecular complexity index is 1800. The second kappa shape index (κ2) is 25.0. The van der Waals surface area contributed by atoms with Gasteiger partial charge in [-0.3, -0.25) is 4.79 Å². The summed E-state index contributed by atoms with van der Waals surface area (Å²) < 4.78 is 31.9. The first-order chi connectivity index (χ1) is 30.3. The third kappa shape index (κ3) is 12.0. The van der Waals surface area contributed by atoms with Crippen molar-refractivity contribution >= 4 is 18.1 Å². The maximum atomic E-state index is 14.1. The van der Waals surface area contributed by atoms with Crippen molar-refractivity contribution in [1.82, 2.24) is 4.90 Å². The van der Waals surface area contributed by atoms with Crippen LogP contribution in [0, 0.1) is 17.8 Å². The van der Waals surface area contributed by atoms with E-state index in [1.807, 2.05) is 18.2 Å². The Morgan fingerprint density at radius 2 is 1.60 bits per heavy atom. The normalized spacial score (nSPS) is 23.0. The van der Waals surface area contributed by atoms with Crippen LogP contribution >= 0.6 is 0 Å². The first-order valence-corrected chi connectivity index (χ1v) is 23.1. The van der Waals surface area contributed by atoms with Gasteiger partial charge in [-0.05, 0) is 85.9 Å². The zero-order valence-electron chi connectivity index (χ0n) is 37.7. The second-order valence-electron chi connectivity index (χ2n) is 17.0. The highest BCUT2D eigenvalue weighted by Crippen LogP contribution is 2.62. The highest BCUT2D eigenvalue weighted by Gasteiger charge is 2.65. The molecule has 0 bridgehead atoms. The molecule has 2 aliphatic carbocycles. The fourth-order valence-corrected chi connectivity index (χ4v) is 9.88. The summed E-state index contributed by atoms with van der Waals surface area (Å²) in [5.74, 6) is 0.189. The number of carbonyl (C=O) groups is 2. The molecule has 1 saturated carbocycles. The number of aldehydes is 1. The molecule has 12 nitrogen and oxygen atoms in total. The summed E-state index contributed by atoms with van der Waals surface area (Å²) in [6.07, 6.45) is 21.0. The summed E-state index contributed by atoms with van der Waals surface area (Å²) in [6, 6.07) is 10.2. The van der Waals surface area contributed by atoms with E-state index >= 15 is 0 Å². The van der Waals surface area contributed by atoms with E-state index in [1.54, 1.807) is 36.2 Å². The number of nitrogens with zero attached hydrogens (tertiary/aromatic N) is 2. The van der Waals surface area contributed by atoms with Crippen LogP contribution in [0.3, 0.4) is 0 Å². The smallest absolute Gasteiger partial charge is 0.409 e. The van der Waals surface area contributed by atoms with Crippen molar-refractivity contribution in [2.45, 2.75) is 134 Å². The van der Waals surface area contributed by atoms with Crippen LogP contribution in [0.2, 0.25) is 0 Å². The van der Waals surface area contributed by atoms with E-state index in [0.717, 1.165) is 62.4 Å². The number of methoxy groups -OCH3 is 1. The Kier molecular flexibility index (Phi) is 19.6. The lowest BCUT2D eigenvalue weighted by atomic mass is 9.55.